The van der Waals surface area contributed by atoms with E-state index < -0.39 is 21.6 Å². The monoisotopic (exact) mass is 198 g/mol. The molecule has 2 atom stereocenters. The van der Waals surface area contributed by atoms with E-state index in [1.807, 2.05) is 0 Å². The largest absolute Gasteiger partial charge is 0.379 e. The summed E-state index contributed by atoms with van der Waals surface area (Å²) in [6, 6.07) is 0. The molecule has 0 N–H and O–H groups in total. The van der Waals surface area contributed by atoms with Crippen LogP contribution >= 0.6 is 0 Å². The van der Waals surface area contributed by atoms with Crippen LogP contribution in [0.3, 0.4) is 0 Å². The maximum absolute atomic E-state index is 12.5. The molecular weight excluding hydrogens is 187 g/mol. The van der Waals surface area contributed by atoms with Crippen molar-refractivity contribution in [1.29, 1.82) is 0 Å². The molecule has 0 bridgehead atoms. The van der Waals surface area contributed by atoms with Gasteiger partial charge in [-0.25, -0.2) is 0 Å². The second kappa shape index (κ2) is 3.68. The van der Waals surface area contributed by atoms with E-state index in [0.717, 1.165) is 0 Å². The van der Waals surface area contributed by atoms with Gasteiger partial charge in [0.05, 0.1) is 12.7 Å². The highest BCUT2D eigenvalue weighted by Crippen LogP contribution is 2.19. The normalized spacial score (nSPS) is 31.8. The van der Waals surface area contributed by atoms with Crippen molar-refractivity contribution in [1.82, 2.24) is 0 Å². The van der Waals surface area contributed by atoms with Gasteiger partial charge in [0.15, 0.2) is 0 Å². The maximum Gasteiger partial charge on any atom is 0.308 e. The summed E-state index contributed by atoms with van der Waals surface area (Å²) < 4.78 is 43.4. The third kappa shape index (κ3) is 2.15. The van der Waals surface area contributed by atoms with Gasteiger partial charge in [-0.3, -0.25) is 0 Å². The number of halogens is 1. The van der Waals surface area contributed by atoms with E-state index in [0.29, 0.717) is 0 Å². The van der Waals surface area contributed by atoms with Gasteiger partial charge in [-0.1, -0.05) is 0 Å². The van der Waals surface area contributed by atoms with E-state index in [2.05, 4.69) is 0 Å². The van der Waals surface area contributed by atoms with Crippen molar-refractivity contribution in [3.8, 4) is 0 Å². The molecule has 0 saturated carbocycles. The average Bonchev–Trinajstić information content (AvgIpc) is 2.03. The minimum Gasteiger partial charge on any atom is -0.379 e. The quantitative estimate of drug-likeness (QED) is 0.590. The summed E-state index contributed by atoms with van der Waals surface area (Å²) in [5, 5.41) is -1.06. The lowest BCUT2D eigenvalue weighted by molar-refractivity contribution is -0.0271. The fourth-order valence-corrected chi connectivity index (χ4v) is 2.16. The van der Waals surface area contributed by atoms with Crippen LogP contribution in [0.15, 0.2) is 0 Å². The molecule has 0 amide bonds. The molecule has 1 heterocycles. The summed E-state index contributed by atoms with van der Waals surface area (Å²) in [4.78, 5) is 0. The van der Waals surface area contributed by atoms with Crippen LogP contribution in [0.1, 0.15) is 6.42 Å². The lowest BCUT2D eigenvalue weighted by atomic mass is 10.2. The number of hydrogen-bond donors (Lipinski definition) is 0. The van der Waals surface area contributed by atoms with E-state index >= 15 is 0 Å². The standard InChI is InChI=1S/C6H11FO4S/c1-10-5-4-11-3-2-6(5)12(7,8)9/h5-6H,2-4H2,1H3. The molecule has 0 aromatic heterocycles. The minimum atomic E-state index is -4.49. The summed E-state index contributed by atoms with van der Waals surface area (Å²) in [7, 11) is -3.15. The third-order valence-corrected chi connectivity index (χ3v) is 3.17. The second-order valence-electron chi connectivity index (χ2n) is 2.65. The second-order valence-corrected chi connectivity index (χ2v) is 4.21. The van der Waals surface area contributed by atoms with Crippen molar-refractivity contribution in [3.63, 3.8) is 0 Å². The molecule has 0 aliphatic carbocycles. The highest BCUT2D eigenvalue weighted by atomic mass is 32.3. The lowest BCUT2D eigenvalue weighted by Crippen LogP contribution is -2.41. The molecule has 1 rings (SSSR count). The van der Waals surface area contributed by atoms with E-state index in [1.165, 1.54) is 7.11 Å². The van der Waals surface area contributed by atoms with Gasteiger partial charge < -0.3 is 9.47 Å². The Morgan fingerprint density at radius 3 is 2.67 bits per heavy atom. The maximum atomic E-state index is 12.5. The predicted molar refractivity (Wildman–Crippen MR) is 40.0 cm³/mol. The molecule has 0 aromatic rings. The van der Waals surface area contributed by atoms with Gasteiger partial charge >= 0.3 is 10.2 Å². The predicted octanol–water partition coefficient (Wildman–Crippen LogP) is 0.0896. The van der Waals surface area contributed by atoms with Gasteiger partial charge in [-0.05, 0) is 6.42 Å². The van der Waals surface area contributed by atoms with Gasteiger partial charge in [-0.2, -0.15) is 8.42 Å². The zero-order valence-corrected chi connectivity index (χ0v) is 7.51. The minimum absolute atomic E-state index is 0.143. The van der Waals surface area contributed by atoms with Crippen molar-refractivity contribution in [2.24, 2.45) is 0 Å². The molecule has 1 aliphatic heterocycles. The molecule has 1 aliphatic rings. The Bertz CT molecular complexity index is 238. The number of ether oxygens (including phenoxy) is 2. The van der Waals surface area contributed by atoms with E-state index in [9.17, 15) is 12.3 Å². The van der Waals surface area contributed by atoms with Crippen molar-refractivity contribution in [3.05, 3.63) is 0 Å². The molecule has 0 spiro atoms. The van der Waals surface area contributed by atoms with Gasteiger partial charge in [0.1, 0.15) is 5.25 Å². The number of hydrogen-bond acceptors (Lipinski definition) is 4. The summed E-state index contributed by atoms with van der Waals surface area (Å²) in [6.45, 7) is 0.415. The molecule has 6 heteroatoms. The third-order valence-electron chi connectivity index (χ3n) is 1.91. The van der Waals surface area contributed by atoms with Crippen molar-refractivity contribution in [2.45, 2.75) is 17.8 Å². The van der Waals surface area contributed by atoms with Crippen molar-refractivity contribution >= 4 is 10.2 Å². The van der Waals surface area contributed by atoms with E-state index in [1.54, 1.807) is 0 Å². The topological polar surface area (TPSA) is 52.6 Å². The van der Waals surface area contributed by atoms with Crippen LogP contribution in [-0.2, 0) is 19.7 Å². The first kappa shape index (κ1) is 9.88. The molecule has 0 radical (unpaired) electrons. The summed E-state index contributed by atoms with van der Waals surface area (Å²) in [5.74, 6) is 0. The lowest BCUT2D eigenvalue weighted by Gasteiger charge is -2.27. The Hall–Kier alpha value is -0.200. The fourth-order valence-electron chi connectivity index (χ4n) is 1.23. The van der Waals surface area contributed by atoms with Crippen LogP contribution in [-0.4, -0.2) is 40.1 Å². The molecule has 0 aromatic carbocycles. The molecular formula is C6H11FO4S. The molecule has 4 nitrogen and oxygen atoms in total. The van der Waals surface area contributed by atoms with Crippen LogP contribution in [0, 0.1) is 0 Å². The zero-order chi connectivity index (χ0) is 9.19. The smallest absolute Gasteiger partial charge is 0.308 e. The van der Waals surface area contributed by atoms with Gasteiger partial charge in [0, 0.05) is 13.7 Å². The van der Waals surface area contributed by atoms with Crippen LogP contribution in [0.25, 0.3) is 0 Å². The fraction of sp³-hybridized carbons (Fsp3) is 1.00. The van der Waals surface area contributed by atoms with E-state index in [-0.39, 0.29) is 19.6 Å². The SMILES string of the molecule is COC1COCCC1S(=O)(=O)F. The summed E-state index contributed by atoms with van der Waals surface area (Å²) in [5.41, 5.74) is 0. The number of rotatable bonds is 2. The van der Waals surface area contributed by atoms with E-state index in [4.69, 9.17) is 9.47 Å². The van der Waals surface area contributed by atoms with Crippen molar-refractivity contribution < 1.29 is 21.8 Å². The average molecular weight is 198 g/mol. The Morgan fingerprint density at radius 2 is 2.25 bits per heavy atom. The van der Waals surface area contributed by atoms with Crippen LogP contribution in [0.5, 0.6) is 0 Å². The van der Waals surface area contributed by atoms with Gasteiger partial charge in [0.25, 0.3) is 0 Å². The number of methoxy groups -OCH3 is 1. The highest BCUT2D eigenvalue weighted by Gasteiger charge is 2.36. The first-order chi connectivity index (χ1) is 5.55. The summed E-state index contributed by atoms with van der Waals surface area (Å²) in [6.07, 6.45) is -0.508. The molecule has 2 unspecified atom stereocenters. The molecule has 12 heavy (non-hydrogen) atoms. The molecule has 1 saturated heterocycles. The Morgan fingerprint density at radius 1 is 1.58 bits per heavy atom. The summed E-state index contributed by atoms with van der Waals surface area (Å²) >= 11 is 0. The Kier molecular flexibility index (Phi) is 3.03. The first-order valence-electron chi connectivity index (χ1n) is 3.59. The molecule has 1 fully saturated rings. The van der Waals surface area contributed by atoms with Crippen LogP contribution < -0.4 is 0 Å². The Balaban J connectivity index is 2.72. The van der Waals surface area contributed by atoms with Crippen molar-refractivity contribution in [2.75, 3.05) is 20.3 Å². The van der Waals surface area contributed by atoms with Gasteiger partial charge in [-0.15, -0.1) is 3.89 Å². The first-order valence-corrected chi connectivity index (χ1v) is 5.04. The van der Waals surface area contributed by atoms with Crippen LogP contribution in [0.4, 0.5) is 3.89 Å². The van der Waals surface area contributed by atoms with Crippen LogP contribution in [0.2, 0.25) is 0 Å². The zero-order valence-electron chi connectivity index (χ0n) is 6.70. The van der Waals surface area contributed by atoms with Gasteiger partial charge in [0.2, 0.25) is 0 Å². The Labute approximate surface area is 70.9 Å². The highest BCUT2D eigenvalue weighted by molar-refractivity contribution is 7.87. The molecule has 72 valence electrons.